The van der Waals surface area contributed by atoms with Crippen molar-refractivity contribution in [1.29, 1.82) is 0 Å². The Labute approximate surface area is 246 Å². The molecular formula is C30H41N5O7. The van der Waals surface area contributed by atoms with Crippen LogP contribution in [0.4, 0.5) is 0 Å². The highest BCUT2D eigenvalue weighted by molar-refractivity contribution is 5.97. The van der Waals surface area contributed by atoms with Gasteiger partial charge in [0.25, 0.3) is 5.91 Å². The third-order valence-corrected chi connectivity index (χ3v) is 6.34. The maximum absolute atomic E-state index is 13.8. The molecule has 0 aliphatic carbocycles. The summed E-state index contributed by atoms with van der Waals surface area (Å²) in [5.74, 6) is -2.23. The van der Waals surface area contributed by atoms with Gasteiger partial charge in [-0.25, -0.2) is 4.79 Å². The second-order valence-electron chi connectivity index (χ2n) is 10.4. The first-order valence-corrected chi connectivity index (χ1v) is 13.9. The number of aryl methyl sites for hydroxylation is 1. The van der Waals surface area contributed by atoms with Crippen molar-refractivity contribution < 1.29 is 33.2 Å². The van der Waals surface area contributed by atoms with Crippen molar-refractivity contribution >= 4 is 29.6 Å². The van der Waals surface area contributed by atoms with E-state index < -0.39 is 47.7 Å². The molecule has 0 aliphatic rings. The molecule has 4 amide bonds. The minimum atomic E-state index is -0.993. The molecule has 0 radical (unpaired) electrons. The maximum Gasteiger partial charge on any atom is 0.330 e. The van der Waals surface area contributed by atoms with E-state index in [1.165, 1.54) is 30.2 Å². The van der Waals surface area contributed by atoms with Crippen molar-refractivity contribution in [2.45, 2.75) is 71.5 Å². The number of nitrogens with one attached hydrogen (secondary N) is 2. The highest BCUT2D eigenvalue weighted by atomic mass is 16.5. The first-order valence-electron chi connectivity index (χ1n) is 13.9. The molecule has 1 aromatic carbocycles. The van der Waals surface area contributed by atoms with Crippen LogP contribution >= 0.6 is 0 Å². The average Bonchev–Trinajstić information content (AvgIpc) is 3.38. The van der Waals surface area contributed by atoms with Gasteiger partial charge in [0.05, 0.1) is 6.61 Å². The van der Waals surface area contributed by atoms with Gasteiger partial charge in [0.1, 0.15) is 17.8 Å². The van der Waals surface area contributed by atoms with Crippen LogP contribution in [-0.2, 0) is 30.3 Å². The molecule has 4 N–H and O–H groups in total. The van der Waals surface area contributed by atoms with Gasteiger partial charge >= 0.3 is 5.97 Å². The van der Waals surface area contributed by atoms with E-state index in [0.717, 1.165) is 5.56 Å². The summed E-state index contributed by atoms with van der Waals surface area (Å²) < 4.78 is 9.90. The first kappa shape index (κ1) is 33.7. The van der Waals surface area contributed by atoms with Crippen LogP contribution in [0.5, 0.6) is 0 Å². The van der Waals surface area contributed by atoms with Gasteiger partial charge in [0.2, 0.25) is 17.7 Å². The van der Waals surface area contributed by atoms with Crippen LogP contribution < -0.4 is 16.4 Å². The molecule has 0 saturated heterocycles. The SMILES string of the molecule is CCOC(=O)/C=C/[C@H](CCC(N)=O)NC(=O)[C@H](Cc1ccccc1)N(C)C(=O)[C@H](CC(C)C)NC(=O)c1cc(C)on1. The number of rotatable bonds is 16. The zero-order valence-electron chi connectivity index (χ0n) is 24.8. The second kappa shape index (κ2) is 16.7. The second-order valence-corrected chi connectivity index (χ2v) is 10.4. The van der Waals surface area contributed by atoms with Crippen LogP contribution in [0.25, 0.3) is 0 Å². The fourth-order valence-corrected chi connectivity index (χ4v) is 4.22. The summed E-state index contributed by atoms with van der Waals surface area (Å²) in [6, 6.07) is 7.96. The summed E-state index contributed by atoms with van der Waals surface area (Å²) in [5, 5.41) is 9.29. The zero-order valence-corrected chi connectivity index (χ0v) is 24.8. The average molecular weight is 584 g/mol. The summed E-state index contributed by atoms with van der Waals surface area (Å²) in [6.07, 6.45) is 3.19. The van der Waals surface area contributed by atoms with E-state index in [1.807, 2.05) is 44.2 Å². The van der Waals surface area contributed by atoms with E-state index >= 15 is 0 Å². The number of hydrogen-bond donors (Lipinski definition) is 3. The fourth-order valence-electron chi connectivity index (χ4n) is 4.22. The number of carbonyl (C=O) groups is 5. The Kier molecular flexibility index (Phi) is 13.4. The molecule has 1 heterocycles. The largest absolute Gasteiger partial charge is 0.463 e. The normalized spacial score (nSPS) is 13.3. The van der Waals surface area contributed by atoms with E-state index in [9.17, 15) is 24.0 Å². The lowest BCUT2D eigenvalue weighted by molar-refractivity contribution is -0.140. The van der Waals surface area contributed by atoms with Crippen LogP contribution in [0.15, 0.2) is 53.1 Å². The number of likely N-dealkylation sites (N-methyl/N-ethyl adjacent to an activating group) is 1. The summed E-state index contributed by atoms with van der Waals surface area (Å²) >= 11 is 0. The molecule has 12 heteroatoms. The van der Waals surface area contributed by atoms with E-state index in [-0.39, 0.29) is 37.5 Å². The third-order valence-electron chi connectivity index (χ3n) is 6.34. The van der Waals surface area contributed by atoms with Crippen molar-refractivity contribution in [1.82, 2.24) is 20.7 Å². The molecule has 12 nitrogen and oxygen atoms in total. The van der Waals surface area contributed by atoms with E-state index in [4.69, 9.17) is 15.0 Å². The molecule has 0 spiro atoms. The summed E-state index contributed by atoms with van der Waals surface area (Å²) in [6.45, 7) is 7.33. The molecule has 0 fully saturated rings. The van der Waals surface area contributed by atoms with E-state index in [2.05, 4.69) is 15.8 Å². The predicted octanol–water partition coefficient (Wildman–Crippen LogP) is 2.07. The van der Waals surface area contributed by atoms with Crippen LogP contribution in [-0.4, -0.2) is 71.4 Å². The van der Waals surface area contributed by atoms with Crippen LogP contribution in [0, 0.1) is 12.8 Å². The van der Waals surface area contributed by atoms with Gasteiger partial charge in [0.15, 0.2) is 5.69 Å². The van der Waals surface area contributed by atoms with Gasteiger partial charge in [-0.3, -0.25) is 19.2 Å². The lowest BCUT2D eigenvalue weighted by atomic mass is 9.99. The Morgan fingerprint density at radius 2 is 1.81 bits per heavy atom. The Morgan fingerprint density at radius 1 is 1.12 bits per heavy atom. The number of amides is 4. The van der Waals surface area contributed by atoms with Crippen LogP contribution in [0.2, 0.25) is 0 Å². The van der Waals surface area contributed by atoms with Gasteiger partial charge in [-0.2, -0.15) is 0 Å². The lowest BCUT2D eigenvalue weighted by Crippen LogP contribution is -2.56. The van der Waals surface area contributed by atoms with Gasteiger partial charge in [-0.15, -0.1) is 0 Å². The van der Waals surface area contributed by atoms with Crippen molar-refractivity contribution in [2.75, 3.05) is 13.7 Å². The molecule has 0 unspecified atom stereocenters. The van der Waals surface area contributed by atoms with Crippen molar-refractivity contribution in [2.24, 2.45) is 11.7 Å². The van der Waals surface area contributed by atoms with Crippen molar-refractivity contribution in [3.63, 3.8) is 0 Å². The molecule has 2 aromatic rings. The minimum absolute atomic E-state index is 0.0410. The number of esters is 1. The van der Waals surface area contributed by atoms with Crippen molar-refractivity contribution in [3.05, 3.63) is 65.6 Å². The van der Waals surface area contributed by atoms with Gasteiger partial charge < -0.3 is 30.5 Å². The summed E-state index contributed by atoms with van der Waals surface area (Å²) in [7, 11) is 1.50. The number of carbonyl (C=O) groups excluding carboxylic acids is 5. The monoisotopic (exact) mass is 583 g/mol. The first-order chi connectivity index (χ1) is 19.9. The number of nitrogens with two attached hydrogens (primary N) is 1. The molecule has 228 valence electrons. The smallest absolute Gasteiger partial charge is 0.330 e. The molecule has 0 aliphatic heterocycles. The number of primary amides is 1. The quantitative estimate of drug-likeness (QED) is 0.199. The molecule has 1 aromatic heterocycles. The molecule has 0 saturated carbocycles. The van der Waals surface area contributed by atoms with Gasteiger partial charge in [-0.05, 0) is 38.2 Å². The Bertz CT molecular complexity index is 1240. The van der Waals surface area contributed by atoms with Gasteiger partial charge in [0, 0.05) is 38.1 Å². The molecular weight excluding hydrogens is 542 g/mol. The molecule has 0 bridgehead atoms. The van der Waals surface area contributed by atoms with Crippen molar-refractivity contribution in [3.8, 4) is 0 Å². The third kappa shape index (κ3) is 11.2. The fraction of sp³-hybridized carbons (Fsp3) is 0.467. The number of aromatic nitrogens is 1. The minimum Gasteiger partial charge on any atom is -0.463 e. The molecule has 2 rings (SSSR count). The van der Waals surface area contributed by atoms with E-state index in [0.29, 0.717) is 12.2 Å². The lowest BCUT2D eigenvalue weighted by Gasteiger charge is -2.32. The summed E-state index contributed by atoms with van der Waals surface area (Å²) in [5.41, 5.74) is 6.16. The van der Waals surface area contributed by atoms with Crippen LogP contribution in [0.1, 0.15) is 61.8 Å². The highest BCUT2D eigenvalue weighted by Crippen LogP contribution is 2.15. The topological polar surface area (TPSA) is 174 Å². The Hall–Kier alpha value is -4.48. The number of ether oxygens (including phenoxy) is 1. The predicted molar refractivity (Wildman–Crippen MR) is 155 cm³/mol. The van der Waals surface area contributed by atoms with Crippen LogP contribution in [0.3, 0.4) is 0 Å². The number of nitrogens with zero attached hydrogens (tertiary/aromatic N) is 2. The summed E-state index contributed by atoms with van der Waals surface area (Å²) in [4.78, 5) is 65.1. The molecule has 3 atom stereocenters. The number of benzene rings is 1. The Morgan fingerprint density at radius 3 is 2.38 bits per heavy atom. The standard InChI is InChI=1S/C30H41N5O7/c1-6-41-27(37)15-13-22(12-14-26(31)36)32-29(39)25(18-21-10-8-7-9-11-21)35(5)30(40)24(16-19(2)3)33-28(38)23-17-20(4)42-34-23/h7-11,13,15,17,19,22,24-25H,6,12,14,16,18H2,1-5H3,(H2,31,36)(H,32,39)(H,33,38)/b15-13+/t22-,24-,25-/m0/s1. The molecule has 42 heavy (non-hydrogen) atoms. The Balaban J connectivity index is 2.35. The van der Waals surface area contributed by atoms with E-state index in [1.54, 1.807) is 13.8 Å². The van der Waals surface area contributed by atoms with Gasteiger partial charge in [-0.1, -0.05) is 55.4 Å². The zero-order chi connectivity index (χ0) is 31.2. The highest BCUT2D eigenvalue weighted by Gasteiger charge is 2.34. The maximum atomic E-state index is 13.8. The number of hydrogen-bond acceptors (Lipinski definition) is 8.